The lowest BCUT2D eigenvalue weighted by molar-refractivity contribution is -0.128. The van der Waals surface area contributed by atoms with Crippen molar-refractivity contribution >= 4 is 17.5 Å². The molecule has 2 aromatic rings. The highest BCUT2D eigenvalue weighted by molar-refractivity contribution is 6.30. The summed E-state index contributed by atoms with van der Waals surface area (Å²) in [6.45, 7) is 2.93. The number of benzene rings is 1. The van der Waals surface area contributed by atoms with Crippen LogP contribution in [0.5, 0.6) is 0 Å². The lowest BCUT2D eigenvalue weighted by Gasteiger charge is -2.38. The van der Waals surface area contributed by atoms with Crippen LogP contribution < -0.4 is 5.32 Å². The minimum absolute atomic E-state index is 0.0172. The predicted octanol–water partition coefficient (Wildman–Crippen LogP) is 4.60. The number of likely N-dealkylation sites (tertiary alicyclic amines) is 1. The number of piperidine rings is 1. The summed E-state index contributed by atoms with van der Waals surface area (Å²) in [5.74, 6) is 0.762. The molecular weight excluding hydrogens is 370 g/mol. The van der Waals surface area contributed by atoms with Crippen molar-refractivity contribution in [3.63, 3.8) is 0 Å². The van der Waals surface area contributed by atoms with Crippen molar-refractivity contribution in [2.24, 2.45) is 11.8 Å². The average Bonchev–Trinajstić information content (AvgIpc) is 2.66. The number of hydrogen-bond donors (Lipinski definition) is 1. The summed E-state index contributed by atoms with van der Waals surface area (Å²) in [4.78, 5) is 19.8. The third kappa shape index (κ3) is 4.73. The molecule has 2 aliphatic rings. The second kappa shape index (κ2) is 9.06. The fourth-order valence-electron chi connectivity index (χ4n) is 4.34. The summed E-state index contributed by atoms with van der Waals surface area (Å²) in [5, 5.41) is 4.13. The topological polar surface area (TPSA) is 45.2 Å². The van der Waals surface area contributed by atoms with Crippen LogP contribution in [0.2, 0.25) is 5.02 Å². The third-order valence-corrected chi connectivity index (χ3v) is 6.32. The van der Waals surface area contributed by atoms with E-state index < -0.39 is 0 Å². The molecule has 5 heteroatoms. The number of hydrogen-bond acceptors (Lipinski definition) is 3. The van der Waals surface area contributed by atoms with Gasteiger partial charge in [-0.1, -0.05) is 36.2 Å². The molecule has 4 nitrogen and oxygen atoms in total. The molecule has 0 bridgehead atoms. The van der Waals surface area contributed by atoms with Crippen molar-refractivity contribution in [1.29, 1.82) is 0 Å². The van der Waals surface area contributed by atoms with E-state index >= 15 is 0 Å². The molecule has 1 N–H and O–H groups in total. The van der Waals surface area contributed by atoms with Gasteiger partial charge < -0.3 is 5.32 Å². The molecule has 4 rings (SSSR count). The highest BCUT2D eigenvalue weighted by Gasteiger charge is 2.33. The van der Waals surface area contributed by atoms with Crippen LogP contribution in [0.4, 0.5) is 0 Å². The van der Waals surface area contributed by atoms with Crippen molar-refractivity contribution in [2.75, 3.05) is 13.1 Å². The molecule has 1 aliphatic heterocycles. The Balaban J connectivity index is 1.47. The van der Waals surface area contributed by atoms with Gasteiger partial charge in [0.2, 0.25) is 5.91 Å². The molecule has 0 unspecified atom stereocenters. The van der Waals surface area contributed by atoms with Gasteiger partial charge in [0.25, 0.3) is 0 Å². The standard InChI is InChI=1S/C23H28ClN3O/c24-20-10-3-6-17(14-20)15-27-13-5-9-19(16-27)22(21-11-1-2-12-25-21)26-23(28)18-7-4-8-18/h1-3,6,10-12,14,18-19,22H,4-5,7-9,13,15-16H2,(H,26,28)/t19-,22+/m0/s1. The molecule has 1 aliphatic carbocycles. The maximum absolute atomic E-state index is 12.7. The minimum atomic E-state index is -0.0172. The third-order valence-electron chi connectivity index (χ3n) is 6.09. The smallest absolute Gasteiger partial charge is 0.223 e. The lowest BCUT2D eigenvalue weighted by atomic mass is 9.83. The minimum Gasteiger partial charge on any atom is -0.347 e. The number of halogens is 1. The summed E-state index contributed by atoms with van der Waals surface area (Å²) in [6.07, 6.45) is 7.28. The van der Waals surface area contributed by atoms with E-state index in [1.165, 1.54) is 12.0 Å². The summed E-state index contributed by atoms with van der Waals surface area (Å²) >= 11 is 6.15. The SMILES string of the molecule is O=C(N[C@@H](c1ccccn1)[C@H]1CCCN(Cc2cccc(Cl)c2)C1)C1CCC1. The number of carbonyl (C=O) groups is 1. The number of nitrogens with one attached hydrogen (secondary N) is 1. The lowest BCUT2D eigenvalue weighted by Crippen LogP contribution is -2.45. The summed E-state index contributed by atoms with van der Waals surface area (Å²) < 4.78 is 0. The van der Waals surface area contributed by atoms with E-state index in [2.05, 4.69) is 21.3 Å². The number of amides is 1. The molecule has 1 aromatic carbocycles. The number of nitrogens with zero attached hydrogens (tertiary/aromatic N) is 2. The van der Waals surface area contributed by atoms with E-state index in [0.717, 1.165) is 56.0 Å². The van der Waals surface area contributed by atoms with Gasteiger partial charge in [0.1, 0.15) is 0 Å². The van der Waals surface area contributed by atoms with E-state index in [0.29, 0.717) is 5.92 Å². The van der Waals surface area contributed by atoms with Gasteiger partial charge in [0.05, 0.1) is 11.7 Å². The second-order valence-corrected chi connectivity index (χ2v) is 8.57. The van der Waals surface area contributed by atoms with Crippen LogP contribution in [-0.2, 0) is 11.3 Å². The Morgan fingerprint density at radius 3 is 2.79 bits per heavy atom. The van der Waals surface area contributed by atoms with Crippen LogP contribution in [0.1, 0.15) is 49.4 Å². The van der Waals surface area contributed by atoms with Gasteiger partial charge in [0.15, 0.2) is 0 Å². The van der Waals surface area contributed by atoms with Gasteiger partial charge >= 0.3 is 0 Å². The predicted molar refractivity (Wildman–Crippen MR) is 112 cm³/mol. The van der Waals surface area contributed by atoms with Gasteiger partial charge in [-0.15, -0.1) is 0 Å². The van der Waals surface area contributed by atoms with E-state index in [-0.39, 0.29) is 17.9 Å². The van der Waals surface area contributed by atoms with Crippen LogP contribution in [0.3, 0.4) is 0 Å². The molecule has 2 heterocycles. The molecule has 28 heavy (non-hydrogen) atoms. The van der Waals surface area contributed by atoms with Crippen molar-refractivity contribution in [2.45, 2.75) is 44.7 Å². The Labute approximate surface area is 172 Å². The first kappa shape index (κ1) is 19.4. The molecule has 0 radical (unpaired) electrons. The van der Waals surface area contributed by atoms with Gasteiger partial charge in [0, 0.05) is 30.2 Å². The highest BCUT2D eigenvalue weighted by atomic mass is 35.5. The maximum atomic E-state index is 12.7. The molecule has 1 aromatic heterocycles. The number of pyridine rings is 1. The van der Waals surface area contributed by atoms with E-state index in [4.69, 9.17) is 11.6 Å². The average molecular weight is 398 g/mol. The van der Waals surface area contributed by atoms with Gasteiger partial charge in [-0.25, -0.2) is 0 Å². The zero-order valence-electron chi connectivity index (χ0n) is 16.2. The van der Waals surface area contributed by atoms with Crippen molar-refractivity contribution in [1.82, 2.24) is 15.2 Å². The Kier molecular flexibility index (Phi) is 6.28. The van der Waals surface area contributed by atoms with Crippen LogP contribution in [0, 0.1) is 11.8 Å². The first-order valence-electron chi connectivity index (χ1n) is 10.4. The number of rotatable bonds is 6. The Bertz CT molecular complexity index is 793. The van der Waals surface area contributed by atoms with Crippen LogP contribution in [0.15, 0.2) is 48.7 Å². The fraction of sp³-hybridized carbons (Fsp3) is 0.478. The quantitative estimate of drug-likeness (QED) is 0.774. The molecule has 1 saturated carbocycles. The normalized spacial score (nSPS) is 21.7. The molecule has 2 fully saturated rings. The molecule has 148 valence electrons. The fourth-order valence-corrected chi connectivity index (χ4v) is 4.55. The summed E-state index contributed by atoms with van der Waals surface area (Å²) in [5.41, 5.74) is 2.21. The van der Waals surface area contributed by atoms with E-state index in [9.17, 15) is 4.79 Å². The van der Waals surface area contributed by atoms with Crippen molar-refractivity contribution < 1.29 is 4.79 Å². The maximum Gasteiger partial charge on any atom is 0.223 e. The van der Waals surface area contributed by atoms with E-state index in [1.807, 2.05) is 42.6 Å². The Hall–Kier alpha value is -1.91. The molecular formula is C23H28ClN3O. The number of aromatic nitrogens is 1. The van der Waals surface area contributed by atoms with Gasteiger partial charge in [-0.05, 0) is 68.0 Å². The van der Waals surface area contributed by atoms with Crippen molar-refractivity contribution in [3.8, 4) is 0 Å². The summed E-state index contributed by atoms with van der Waals surface area (Å²) in [7, 11) is 0. The van der Waals surface area contributed by atoms with Gasteiger partial charge in [-0.2, -0.15) is 0 Å². The second-order valence-electron chi connectivity index (χ2n) is 8.14. The van der Waals surface area contributed by atoms with Crippen LogP contribution >= 0.6 is 11.6 Å². The largest absolute Gasteiger partial charge is 0.347 e. The molecule has 2 atom stereocenters. The first-order valence-corrected chi connectivity index (χ1v) is 10.7. The summed E-state index contributed by atoms with van der Waals surface area (Å²) in [6, 6.07) is 14.1. The van der Waals surface area contributed by atoms with Gasteiger partial charge in [-0.3, -0.25) is 14.7 Å². The molecule has 1 saturated heterocycles. The Morgan fingerprint density at radius 1 is 1.18 bits per heavy atom. The molecule has 1 amide bonds. The van der Waals surface area contributed by atoms with Crippen molar-refractivity contribution in [3.05, 3.63) is 64.9 Å². The van der Waals surface area contributed by atoms with Crippen LogP contribution in [-0.4, -0.2) is 28.9 Å². The molecule has 0 spiro atoms. The van der Waals surface area contributed by atoms with E-state index in [1.54, 1.807) is 0 Å². The van der Waals surface area contributed by atoms with Crippen LogP contribution in [0.25, 0.3) is 0 Å². The highest BCUT2D eigenvalue weighted by Crippen LogP contribution is 2.32. The first-order chi connectivity index (χ1) is 13.7. The monoisotopic (exact) mass is 397 g/mol. The Morgan fingerprint density at radius 2 is 2.07 bits per heavy atom. The number of carbonyl (C=O) groups excluding carboxylic acids is 1. The zero-order valence-corrected chi connectivity index (χ0v) is 16.9. The zero-order chi connectivity index (χ0) is 19.3.